The maximum atomic E-state index is 12.1. The fourth-order valence-electron chi connectivity index (χ4n) is 2.04. The molecular formula is C13H15NO2. The van der Waals surface area contributed by atoms with Gasteiger partial charge in [-0.05, 0) is 12.8 Å². The van der Waals surface area contributed by atoms with Gasteiger partial charge in [0.1, 0.15) is 0 Å². The summed E-state index contributed by atoms with van der Waals surface area (Å²) in [5, 5.41) is 2.79. The largest absolute Gasteiger partial charge is 0.356 e. The smallest absolute Gasteiger partial charge is 0.220 e. The van der Waals surface area contributed by atoms with Gasteiger partial charge in [0.05, 0.1) is 0 Å². The molecule has 84 valence electrons. The predicted octanol–water partition coefficient (Wildman–Crippen LogP) is 1.79. The molecule has 1 aromatic rings. The van der Waals surface area contributed by atoms with Crippen LogP contribution in [0, 0.1) is 5.92 Å². The molecule has 3 nitrogen and oxygen atoms in total. The van der Waals surface area contributed by atoms with Gasteiger partial charge < -0.3 is 5.32 Å². The van der Waals surface area contributed by atoms with Gasteiger partial charge in [0.25, 0.3) is 0 Å². The molecule has 1 aromatic carbocycles. The minimum Gasteiger partial charge on any atom is -0.356 e. The average Bonchev–Trinajstić information content (AvgIpc) is 2.54. The van der Waals surface area contributed by atoms with E-state index in [1.54, 1.807) is 0 Å². The number of carbonyl (C=O) groups is 2. The first kappa shape index (κ1) is 10.9. The highest BCUT2D eigenvalue weighted by Crippen LogP contribution is 2.19. The van der Waals surface area contributed by atoms with Crippen molar-refractivity contribution in [3.05, 3.63) is 35.9 Å². The zero-order valence-electron chi connectivity index (χ0n) is 9.11. The number of hydrogen-bond donors (Lipinski definition) is 1. The summed E-state index contributed by atoms with van der Waals surface area (Å²) in [5.41, 5.74) is 0.710. The zero-order chi connectivity index (χ0) is 11.4. The van der Waals surface area contributed by atoms with Crippen LogP contribution in [0.5, 0.6) is 0 Å². The molecule has 1 unspecified atom stereocenters. The summed E-state index contributed by atoms with van der Waals surface area (Å²) in [5.74, 6) is -0.0608. The highest BCUT2D eigenvalue weighted by molar-refractivity contribution is 5.99. The Morgan fingerprint density at radius 3 is 2.75 bits per heavy atom. The van der Waals surface area contributed by atoms with E-state index in [1.807, 2.05) is 30.3 Å². The van der Waals surface area contributed by atoms with Crippen LogP contribution in [0.3, 0.4) is 0 Å². The second-order valence-corrected chi connectivity index (χ2v) is 4.12. The van der Waals surface area contributed by atoms with Crippen molar-refractivity contribution in [1.29, 1.82) is 0 Å². The Morgan fingerprint density at radius 2 is 2.00 bits per heavy atom. The molecule has 1 aliphatic heterocycles. The van der Waals surface area contributed by atoms with Gasteiger partial charge in [-0.3, -0.25) is 9.59 Å². The van der Waals surface area contributed by atoms with Crippen LogP contribution in [-0.4, -0.2) is 18.2 Å². The first-order valence-corrected chi connectivity index (χ1v) is 5.63. The fraction of sp³-hybridized carbons (Fsp3) is 0.385. The molecule has 1 N–H and O–H groups in total. The third-order valence-electron chi connectivity index (χ3n) is 2.91. The van der Waals surface area contributed by atoms with Crippen LogP contribution in [0.4, 0.5) is 0 Å². The molecule has 1 amide bonds. The number of nitrogens with one attached hydrogen (secondary N) is 1. The molecule has 2 rings (SSSR count). The number of Topliss-reactive ketones (excluding diaryl/α,β-unsaturated/α-hetero) is 1. The number of rotatable bonds is 2. The van der Waals surface area contributed by atoms with Crippen LogP contribution in [-0.2, 0) is 4.79 Å². The van der Waals surface area contributed by atoms with Gasteiger partial charge in [-0.2, -0.15) is 0 Å². The van der Waals surface area contributed by atoms with E-state index in [0.29, 0.717) is 18.5 Å². The summed E-state index contributed by atoms with van der Waals surface area (Å²) in [6.45, 7) is 0.692. The maximum Gasteiger partial charge on any atom is 0.220 e. The van der Waals surface area contributed by atoms with Crippen molar-refractivity contribution in [1.82, 2.24) is 5.32 Å². The highest BCUT2D eigenvalue weighted by atomic mass is 16.2. The summed E-state index contributed by atoms with van der Waals surface area (Å²) in [6.07, 6.45) is 2.01. The van der Waals surface area contributed by atoms with Crippen molar-refractivity contribution < 1.29 is 9.59 Å². The van der Waals surface area contributed by atoms with Gasteiger partial charge in [-0.1, -0.05) is 30.3 Å². The Morgan fingerprint density at radius 1 is 1.25 bits per heavy atom. The van der Waals surface area contributed by atoms with E-state index in [4.69, 9.17) is 0 Å². The van der Waals surface area contributed by atoms with Gasteiger partial charge in [-0.15, -0.1) is 0 Å². The lowest BCUT2D eigenvalue weighted by Crippen LogP contribution is -2.24. The van der Waals surface area contributed by atoms with E-state index < -0.39 is 0 Å². The molecule has 3 heteroatoms. The van der Waals surface area contributed by atoms with Crippen LogP contribution >= 0.6 is 0 Å². The fourth-order valence-corrected chi connectivity index (χ4v) is 2.04. The molecule has 16 heavy (non-hydrogen) atoms. The van der Waals surface area contributed by atoms with E-state index in [2.05, 4.69) is 5.32 Å². The van der Waals surface area contributed by atoms with Crippen molar-refractivity contribution >= 4 is 11.7 Å². The Balaban J connectivity index is 2.12. The second-order valence-electron chi connectivity index (χ2n) is 4.12. The van der Waals surface area contributed by atoms with E-state index in [0.717, 1.165) is 12.8 Å². The highest BCUT2D eigenvalue weighted by Gasteiger charge is 2.24. The van der Waals surface area contributed by atoms with Crippen molar-refractivity contribution in [2.24, 2.45) is 5.92 Å². The van der Waals surface area contributed by atoms with Gasteiger partial charge >= 0.3 is 0 Å². The molecule has 1 heterocycles. The number of carbonyl (C=O) groups excluding carboxylic acids is 2. The molecule has 0 aliphatic carbocycles. The van der Waals surface area contributed by atoms with Crippen LogP contribution in [0.1, 0.15) is 29.6 Å². The van der Waals surface area contributed by atoms with E-state index in [9.17, 15) is 9.59 Å². The quantitative estimate of drug-likeness (QED) is 0.767. The van der Waals surface area contributed by atoms with Crippen LogP contribution in [0.15, 0.2) is 30.3 Å². The summed E-state index contributed by atoms with van der Waals surface area (Å²) in [4.78, 5) is 23.5. The Hall–Kier alpha value is -1.64. The lowest BCUT2D eigenvalue weighted by molar-refractivity contribution is -0.121. The number of amides is 1. The van der Waals surface area contributed by atoms with Crippen LogP contribution in [0.2, 0.25) is 0 Å². The molecule has 1 aliphatic rings. The lowest BCUT2D eigenvalue weighted by atomic mass is 9.91. The van der Waals surface area contributed by atoms with Gasteiger partial charge in [0, 0.05) is 24.4 Å². The first-order valence-electron chi connectivity index (χ1n) is 5.63. The molecule has 0 bridgehead atoms. The van der Waals surface area contributed by atoms with Gasteiger partial charge in [-0.25, -0.2) is 0 Å². The van der Waals surface area contributed by atoms with Crippen LogP contribution in [0.25, 0.3) is 0 Å². The first-order chi connectivity index (χ1) is 7.77. The predicted molar refractivity (Wildman–Crippen MR) is 61.1 cm³/mol. The molecule has 0 radical (unpaired) electrons. The van der Waals surface area contributed by atoms with E-state index >= 15 is 0 Å². The normalized spacial score (nSPS) is 21.0. The lowest BCUT2D eigenvalue weighted by Gasteiger charge is -2.11. The topological polar surface area (TPSA) is 46.2 Å². The van der Waals surface area contributed by atoms with E-state index in [1.165, 1.54) is 0 Å². The standard InChI is InChI=1S/C13H15NO2/c15-12-9-11(7-4-8-14-12)13(16)10-5-2-1-3-6-10/h1-3,5-6,11H,4,7-9H2,(H,14,15). The molecule has 1 fully saturated rings. The minimum atomic E-state index is -0.148. The van der Waals surface area contributed by atoms with Crippen molar-refractivity contribution in [3.63, 3.8) is 0 Å². The zero-order valence-corrected chi connectivity index (χ0v) is 9.11. The molecule has 0 spiro atoms. The molecule has 0 saturated carbocycles. The number of benzene rings is 1. The summed E-state index contributed by atoms with van der Waals surface area (Å²) in [7, 11) is 0. The molecular weight excluding hydrogens is 202 g/mol. The molecule has 1 atom stereocenters. The second kappa shape index (κ2) is 4.92. The van der Waals surface area contributed by atoms with Crippen LogP contribution < -0.4 is 5.32 Å². The van der Waals surface area contributed by atoms with Gasteiger partial charge in [0.2, 0.25) is 5.91 Å². The summed E-state index contributed by atoms with van der Waals surface area (Å²) < 4.78 is 0. The Labute approximate surface area is 94.9 Å². The third kappa shape index (κ3) is 2.48. The van der Waals surface area contributed by atoms with Crippen molar-refractivity contribution in [2.75, 3.05) is 6.54 Å². The molecule has 1 saturated heterocycles. The Bertz CT molecular complexity index is 386. The summed E-state index contributed by atoms with van der Waals surface area (Å²) >= 11 is 0. The number of hydrogen-bond acceptors (Lipinski definition) is 2. The van der Waals surface area contributed by atoms with Gasteiger partial charge in [0.15, 0.2) is 5.78 Å². The van der Waals surface area contributed by atoms with Crippen molar-refractivity contribution in [3.8, 4) is 0 Å². The van der Waals surface area contributed by atoms with E-state index in [-0.39, 0.29) is 17.6 Å². The summed E-state index contributed by atoms with van der Waals surface area (Å²) in [6, 6.07) is 9.21. The van der Waals surface area contributed by atoms with Crippen molar-refractivity contribution in [2.45, 2.75) is 19.3 Å². The third-order valence-corrected chi connectivity index (χ3v) is 2.91. The molecule has 0 aromatic heterocycles. The SMILES string of the molecule is O=C1CC(C(=O)c2ccccc2)CCCN1. The average molecular weight is 217 g/mol. The maximum absolute atomic E-state index is 12.1. The minimum absolute atomic E-state index is 0.00761. The number of ketones is 1. The Kier molecular flexibility index (Phi) is 3.34. The monoisotopic (exact) mass is 217 g/mol.